The largest absolute Gasteiger partial charge is 0.494 e. The summed E-state index contributed by atoms with van der Waals surface area (Å²) in [4.78, 5) is 15.1. The highest BCUT2D eigenvalue weighted by atomic mass is 16.7. The Balaban J connectivity index is 1.84. The first-order chi connectivity index (χ1) is 11.2. The summed E-state index contributed by atoms with van der Waals surface area (Å²) in [5, 5.41) is 0. The number of aromatic nitrogens is 1. The molecular weight excluding hydrogens is 303 g/mol. The summed E-state index contributed by atoms with van der Waals surface area (Å²) < 4.78 is 12.1. The van der Waals surface area contributed by atoms with E-state index in [4.69, 9.17) is 15.0 Å². The van der Waals surface area contributed by atoms with Crippen LogP contribution in [0.5, 0.6) is 0 Å². The van der Waals surface area contributed by atoms with Gasteiger partial charge in [-0.3, -0.25) is 9.78 Å². The molecule has 123 valence electrons. The van der Waals surface area contributed by atoms with E-state index in [2.05, 4.69) is 11.1 Å². The summed E-state index contributed by atoms with van der Waals surface area (Å²) >= 11 is 0. The molecule has 6 heteroatoms. The normalized spacial score (nSPS) is 18.6. The molecule has 24 heavy (non-hydrogen) atoms. The molecule has 5 nitrogen and oxygen atoms in total. The van der Waals surface area contributed by atoms with E-state index >= 15 is 0 Å². The summed E-state index contributed by atoms with van der Waals surface area (Å²) in [7, 11) is -0.397. The Labute approximate surface area is 142 Å². The average molecular weight is 323 g/mol. The Morgan fingerprint density at radius 1 is 1.08 bits per heavy atom. The maximum absolute atomic E-state index is 11.2. The highest BCUT2D eigenvalue weighted by Gasteiger charge is 2.51. The lowest BCUT2D eigenvalue weighted by atomic mass is 9.78. The molecule has 1 aromatic carbocycles. The van der Waals surface area contributed by atoms with Crippen LogP contribution in [0.25, 0.3) is 11.1 Å². The van der Waals surface area contributed by atoms with Gasteiger partial charge in [0.05, 0.1) is 11.2 Å². The Hall–Kier alpha value is -2.18. The molecule has 1 fully saturated rings. The number of hydrogen-bond donors (Lipinski definition) is 1. The fraction of sp³-hybridized carbons (Fsp3) is 0.333. The second-order valence-electron chi connectivity index (χ2n) is 6.91. The van der Waals surface area contributed by atoms with E-state index in [1.54, 1.807) is 12.3 Å². The zero-order valence-electron chi connectivity index (χ0n) is 14.3. The van der Waals surface area contributed by atoms with E-state index in [0.717, 1.165) is 16.6 Å². The third-order valence-corrected chi connectivity index (χ3v) is 4.68. The molecule has 0 bridgehead atoms. The molecule has 0 atom stereocenters. The molecular formula is C18H20BN2O3. The molecule has 1 saturated heterocycles. The number of benzene rings is 1. The van der Waals surface area contributed by atoms with Crippen LogP contribution in [-0.2, 0) is 9.31 Å². The Morgan fingerprint density at radius 3 is 2.21 bits per heavy atom. The van der Waals surface area contributed by atoms with Crippen LogP contribution in [0.15, 0.2) is 36.5 Å². The summed E-state index contributed by atoms with van der Waals surface area (Å²) in [5.41, 5.74) is 7.27. The lowest BCUT2D eigenvalue weighted by molar-refractivity contribution is 0.00578. The van der Waals surface area contributed by atoms with Crippen molar-refractivity contribution in [2.75, 3.05) is 0 Å². The first-order valence-corrected chi connectivity index (χ1v) is 7.84. The lowest BCUT2D eigenvalue weighted by Crippen LogP contribution is -2.41. The van der Waals surface area contributed by atoms with E-state index in [1.165, 1.54) is 0 Å². The van der Waals surface area contributed by atoms with Crippen LogP contribution in [0.2, 0.25) is 0 Å². The summed E-state index contributed by atoms with van der Waals surface area (Å²) in [6.45, 7) is 8.11. The maximum atomic E-state index is 11.2. The highest BCUT2D eigenvalue weighted by molar-refractivity contribution is 6.62. The number of primary amides is 1. The van der Waals surface area contributed by atoms with Gasteiger partial charge in [0.1, 0.15) is 5.69 Å². The Kier molecular flexibility index (Phi) is 3.97. The second kappa shape index (κ2) is 5.72. The SMILES string of the molecule is CC1(C)OB(c2ccc(-c3[c]c(C(N)=O)ncc3)cc2)OC1(C)C. The van der Waals surface area contributed by atoms with Crippen molar-refractivity contribution in [2.24, 2.45) is 5.73 Å². The first kappa shape index (κ1) is 16.7. The van der Waals surface area contributed by atoms with E-state index in [0.29, 0.717) is 0 Å². The van der Waals surface area contributed by atoms with Crippen LogP contribution in [0.4, 0.5) is 0 Å². The second-order valence-corrected chi connectivity index (χ2v) is 6.91. The molecule has 0 aliphatic carbocycles. The van der Waals surface area contributed by atoms with Crippen molar-refractivity contribution in [3.8, 4) is 11.1 Å². The smallest absolute Gasteiger partial charge is 0.399 e. The number of hydrogen-bond acceptors (Lipinski definition) is 4. The van der Waals surface area contributed by atoms with Crippen molar-refractivity contribution >= 4 is 18.5 Å². The minimum Gasteiger partial charge on any atom is -0.399 e. The predicted molar refractivity (Wildman–Crippen MR) is 92.7 cm³/mol. The van der Waals surface area contributed by atoms with Crippen LogP contribution in [-0.4, -0.2) is 29.2 Å². The third-order valence-electron chi connectivity index (χ3n) is 4.68. The average Bonchev–Trinajstić information content (AvgIpc) is 2.76. The molecule has 2 aromatic rings. The number of nitrogens with zero attached hydrogens (tertiary/aromatic N) is 1. The molecule has 2 N–H and O–H groups in total. The van der Waals surface area contributed by atoms with Gasteiger partial charge in [-0.2, -0.15) is 0 Å². The van der Waals surface area contributed by atoms with Gasteiger partial charge in [0, 0.05) is 12.3 Å². The quantitative estimate of drug-likeness (QED) is 0.876. The van der Waals surface area contributed by atoms with Crippen molar-refractivity contribution in [2.45, 2.75) is 38.9 Å². The molecule has 3 rings (SSSR count). The summed E-state index contributed by atoms with van der Waals surface area (Å²) in [6, 6.07) is 12.5. The van der Waals surface area contributed by atoms with Crippen LogP contribution in [0.1, 0.15) is 38.2 Å². The first-order valence-electron chi connectivity index (χ1n) is 7.84. The molecule has 1 aliphatic rings. The molecule has 1 aliphatic heterocycles. The number of carbonyl (C=O) groups is 1. The van der Waals surface area contributed by atoms with Crippen molar-refractivity contribution in [3.05, 3.63) is 48.3 Å². The molecule has 0 saturated carbocycles. The summed E-state index contributed by atoms with van der Waals surface area (Å²) in [6.07, 6.45) is 1.55. The summed E-state index contributed by atoms with van der Waals surface area (Å²) in [5.74, 6) is -0.592. The van der Waals surface area contributed by atoms with Crippen LogP contribution >= 0.6 is 0 Å². The van der Waals surface area contributed by atoms with Gasteiger partial charge in [0.25, 0.3) is 5.91 Å². The number of carbonyl (C=O) groups excluding carboxylic acids is 1. The molecule has 1 aromatic heterocycles. The highest BCUT2D eigenvalue weighted by Crippen LogP contribution is 2.36. The standard InChI is InChI=1S/C18H20BN2O3/c1-17(2)18(3,4)24-19(23-17)14-7-5-12(6-8-14)13-9-10-21-15(11-13)16(20)22/h5-10H,1-4H3,(H2,20,22). The van der Waals surface area contributed by atoms with Crippen LogP contribution in [0.3, 0.4) is 0 Å². The van der Waals surface area contributed by atoms with Crippen molar-refractivity contribution < 1.29 is 14.1 Å². The minimum atomic E-state index is -0.592. The van der Waals surface area contributed by atoms with E-state index in [-0.39, 0.29) is 16.9 Å². The fourth-order valence-corrected chi connectivity index (χ4v) is 2.48. The van der Waals surface area contributed by atoms with E-state index < -0.39 is 13.0 Å². The fourth-order valence-electron chi connectivity index (χ4n) is 2.48. The number of nitrogens with two attached hydrogens (primary N) is 1. The number of pyridine rings is 1. The maximum Gasteiger partial charge on any atom is 0.494 e. The van der Waals surface area contributed by atoms with Gasteiger partial charge in [0.15, 0.2) is 0 Å². The van der Waals surface area contributed by atoms with Gasteiger partial charge in [-0.15, -0.1) is 0 Å². The van der Waals surface area contributed by atoms with Gasteiger partial charge < -0.3 is 15.0 Å². The molecule has 1 radical (unpaired) electrons. The predicted octanol–water partition coefficient (Wildman–Crippen LogP) is 1.95. The van der Waals surface area contributed by atoms with Gasteiger partial charge in [0.2, 0.25) is 0 Å². The zero-order valence-corrected chi connectivity index (χ0v) is 14.3. The van der Waals surface area contributed by atoms with Gasteiger partial charge in [-0.25, -0.2) is 0 Å². The third kappa shape index (κ3) is 2.95. The van der Waals surface area contributed by atoms with E-state index in [1.807, 2.05) is 52.0 Å². The topological polar surface area (TPSA) is 74.4 Å². The van der Waals surface area contributed by atoms with Gasteiger partial charge in [-0.1, -0.05) is 24.3 Å². The Morgan fingerprint density at radius 2 is 1.67 bits per heavy atom. The zero-order chi connectivity index (χ0) is 17.5. The molecule has 2 heterocycles. The Bertz CT molecular complexity index is 756. The lowest BCUT2D eigenvalue weighted by Gasteiger charge is -2.32. The van der Waals surface area contributed by atoms with Crippen LogP contribution in [0, 0.1) is 6.07 Å². The molecule has 0 unspecified atom stereocenters. The van der Waals surface area contributed by atoms with Gasteiger partial charge in [-0.05, 0) is 50.4 Å². The monoisotopic (exact) mass is 323 g/mol. The van der Waals surface area contributed by atoms with Crippen LogP contribution < -0.4 is 11.2 Å². The van der Waals surface area contributed by atoms with Gasteiger partial charge >= 0.3 is 7.12 Å². The molecule has 1 amide bonds. The number of rotatable bonds is 3. The van der Waals surface area contributed by atoms with Crippen molar-refractivity contribution in [1.82, 2.24) is 4.98 Å². The minimum absolute atomic E-state index is 0.127. The van der Waals surface area contributed by atoms with E-state index in [9.17, 15) is 4.79 Å². The molecule has 0 spiro atoms. The van der Waals surface area contributed by atoms with Crippen molar-refractivity contribution in [1.29, 1.82) is 0 Å². The van der Waals surface area contributed by atoms with Crippen molar-refractivity contribution in [3.63, 3.8) is 0 Å². The number of amides is 1.